The van der Waals surface area contributed by atoms with E-state index in [1.54, 1.807) is 6.07 Å². The van der Waals surface area contributed by atoms with Crippen molar-refractivity contribution in [2.45, 2.75) is 39.7 Å². The highest BCUT2D eigenvalue weighted by Gasteiger charge is 2.12. The largest absolute Gasteiger partial charge is 0.374 e. The molecule has 0 unspecified atom stereocenters. The lowest BCUT2D eigenvalue weighted by Crippen LogP contribution is -2.23. The fraction of sp³-hybridized carbons (Fsp3) is 0.462. The van der Waals surface area contributed by atoms with E-state index in [0.717, 1.165) is 31.5 Å². The van der Waals surface area contributed by atoms with E-state index in [2.05, 4.69) is 17.1 Å². The molecular weight excluding hydrogens is 260 g/mol. The van der Waals surface area contributed by atoms with Gasteiger partial charge in [0.25, 0.3) is 5.56 Å². The molecule has 0 aromatic carbocycles. The SMILES string of the molecule is CCCCCn1c(C)ccc(-c2nnc(N)s2)c1=O. The standard InChI is InChI=1S/C13H18N4OS/c1-3-4-5-8-17-9(2)6-7-10(12(17)18)11-15-16-13(14)19-11/h6-7H,3-5,8H2,1-2H3,(H2,14,16). The van der Waals surface area contributed by atoms with Crippen molar-refractivity contribution in [1.82, 2.24) is 14.8 Å². The van der Waals surface area contributed by atoms with Crippen molar-refractivity contribution in [3.05, 3.63) is 28.2 Å². The van der Waals surface area contributed by atoms with E-state index in [-0.39, 0.29) is 5.56 Å². The van der Waals surface area contributed by atoms with E-state index in [1.165, 1.54) is 11.3 Å². The molecular formula is C13H18N4OS. The Morgan fingerprint density at radius 1 is 1.32 bits per heavy atom. The topological polar surface area (TPSA) is 73.8 Å². The smallest absolute Gasteiger partial charge is 0.261 e. The second-order valence-electron chi connectivity index (χ2n) is 4.50. The first kappa shape index (κ1) is 13.7. The Bertz CT molecular complexity index is 617. The zero-order valence-electron chi connectivity index (χ0n) is 11.2. The Morgan fingerprint density at radius 2 is 2.11 bits per heavy atom. The van der Waals surface area contributed by atoms with Gasteiger partial charge in [-0.05, 0) is 25.5 Å². The van der Waals surface area contributed by atoms with Gasteiger partial charge in [-0.25, -0.2) is 0 Å². The number of rotatable bonds is 5. The third-order valence-electron chi connectivity index (χ3n) is 3.05. The molecule has 0 radical (unpaired) electrons. The van der Waals surface area contributed by atoms with Gasteiger partial charge < -0.3 is 10.3 Å². The zero-order valence-corrected chi connectivity index (χ0v) is 12.0. The van der Waals surface area contributed by atoms with Crippen molar-refractivity contribution < 1.29 is 0 Å². The van der Waals surface area contributed by atoms with Gasteiger partial charge >= 0.3 is 0 Å². The van der Waals surface area contributed by atoms with Crippen LogP contribution in [0, 0.1) is 6.92 Å². The Morgan fingerprint density at radius 3 is 2.74 bits per heavy atom. The molecule has 0 amide bonds. The summed E-state index contributed by atoms with van der Waals surface area (Å²) >= 11 is 1.24. The zero-order chi connectivity index (χ0) is 13.8. The Balaban J connectivity index is 2.37. The molecule has 0 aliphatic carbocycles. The lowest BCUT2D eigenvalue weighted by molar-refractivity contribution is 0.577. The summed E-state index contributed by atoms with van der Waals surface area (Å²) in [6, 6.07) is 3.74. The highest BCUT2D eigenvalue weighted by molar-refractivity contribution is 7.18. The van der Waals surface area contributed by atoms with E-state index in [0.29, 0.717) is 15.7 Å². The lowest BCUT2D eigenvalue weighted by Gasteiger charge is -2.10. The average molecular weight is 278 g/mol. The lowest BCUT2D eigenvalue weighted by atomic mass is 10.2. The van der Waals surface area contributed by atoms with Gasteiger partial charge in [-0.15, -0.1) is 10.2 Å². The minimum atomic E-state index is -0.00717. The Kier molecular flexibility index (Phi) is 4.31. The highest BCUT2D eigenvalue weighted by atomic mass is 32.1. The number of nitrogens with two attached hydrogens (primary N) is 1. The van der Waals surface area contributed by atoms with Gasteiger partial charge in [0.1, 0.15) is 0 Å². The number of aromatic nitrogens is 3. The summed E-state index contributed by atoms with van der Waals surface area (Å²) in [6.45, 7) is 4.85. The van der Waals surface area contributed by atoms with Gasteiger partial charge in [0, 0.05) is 12.2 Å². The molecule has 102 valence electrons. The van der Waals surface area contributed by atoms with Crippen molar-refractivity contribution in [1.29, 1.82) is 0 Å². The van der Waals surface area contributed by atoms with E-state index >= 15 is 0 Å². The van der Waals surface area contributed by atoms with Crippen molar-refractivity contribution in [3.63, 3.8) is 0 Å². The quantitative estimate of drug-likeness (QED) is 0.852. The number of nitrogen functional groups attached to an aromatic ring is 1. The molecule has 2 aromatic heterocycles. The van der Waals surface area contributed by atoms with Gasteiger partial charge in [0.05, 0.1) is 5.56 Å². The first-order valence-corrected chi connectivity index (χ1v) is 7.25. The van der Waals surface area contributed by atoms with E-state index in [1.807, 2.05) is 17.6 Å². The number of pyridine rings is 1. The molecule has 0 bridgehead atoms. The second-order valence-corrected chi connectivity index (χ2v) is 5.51. The number of aryl methyl sites for hydroxylation is 1. The summed E-state index contributed by atoms with van der Waals surface area (Å²) in [4.78, 5) is 12.5. The van der Waals surface area contributed by atoms with Gasteiger partial charge in [0.15, 0.2) is 5.01 Å². The summed E-state index contributed by atoms with van der Waals surface area (Å²) in [5.41, 5.74) is 7.12. The van der Waals surface area contributed by atoms with Crippen LogP contribution < -0.4 is 11.3 Å². The molecule has 0 aliphatic heterocycles. The van der Waals surface area contributed by atoms with Crippen LogP contribution in [-0.4, -0.2) is 14.8 Å². The first-order chi connectivity index (χ1) is 9.13. The normalized spacial score (nSPS) is 10.8. The number of nitrogens with zero attached hydrogens (tertiary/aromatic N) is 3. The fourth-order valence-corrected chi connectivity index (χ4v) is 2.60. The monoisotopic (exact) mass is 278 g/mol. The third-order valence-corrected chi connectivity index (χ3v) is 3.83. The summed E-state index contributed by atoms with van der Waals surface area (Å²) in [5, 5.41) is 8.68. The molecule has 0 atom stereocenters. The first-order valence-electron chi connectivity index (χ1n) is 6.43. The molecule has 6 heteroatoms. The summed E-state index contributed by atoms with van der Waals surface area (Å²) in [6.07, 6.45) is 3.28. The van der Waals surface area contributed by atoms with Crippen LogP contribution in [0.1, 0.15) is 31.9 Å². The van der Waals surface area contributed by atoms with Gasteiger partial charge in [-0.1, -0.05) is 31.1 Å². The van der Waals surface area contributed by atoms with E-state index < -0.39 is 0 Å². The van der Waals surface area contributed by atoms with Crippen molar-refractivity contribution in [2.75, 3.05) is 5.73 Å². The van der Waals surface area contributed by atoms with E-state index in [4.69, 9.17) is 5.73 Å². The van der Waals surface area contributed by atoms with Crippen LogP contribution in [0.25, 0.3) is 10.6 Å². The molecule has 0 fully saturated rings. The van der Waals surface area contributed by atoms with Gasteiger partial charge in [-0.2, -0.15) is 0 Å². The molecule has 0 saturated heterocycles. The molecule has 0 aliphatic rings. The Labute approximate surface area is 116 Å². The van der Waals surface area contributed by atoms with Crippen LogP contribution in [0.2, 0.25) is 0 Å². The van der Waals surface area contributed by atoms with Crippen LogP contribution in [0.5, 0.6) is 0 Å². The minimum Gasteiger partial charge on any atom is -0.374 e. The summed E-state index contributed by atoms with van der Waals surface area (Å²) in [5.74, 6) is 0. The van der Waals surface area contributed by atoms with Gasteiger partial charge in [-0.3, -0.25) is 4.79 Å². The maximum atomic E-state index is 12.5. The third kappa shape index (κ3) is 3.01. The Hall–Kier alpha value is -1.69. The van der Waals surface area contributed by atoms with Gasteiger partial charge in [0.2, 0.25) is 5.13 Å². The average Bonchev–Trinajstić information content (AvgIpc) is 2.80. The number of anilines is 1. The summed E-state index contributed by atoms with van der Waals surface area (Å²) in [7, 11) is 0. The molecule has 5 nitrogen and oxygen atoms in total. The molecule has 2 heterocycles. The summed E-state index contributed by atoms with van der Waals surface area (Å²) < 4.78 is 1.81. The van der Waals surface area contributed by atoms with Crippen molar-refractivity contribution >= 4 is 16.5 Å². The maximum absolute atomic E-state index is 12.5. The molecule has 2 rings (SSSR count). The van der Waals surface area contributed by atoms with Crippen molar-refractivity contribution in [2.24, 2.45) is 0 Å². The van der Waals surface area contributed by atoms with Crippen LogP contribution in [0.4, 0.5) is 5.13 Å². The van der Waals surface area contributed by atoms with Crippen LogP contribution in [0.15, 0.2) is 16.9 Å². The van der Waals surface area contributed by atoms with E-state index in [9.17, 15) is 4.79 Å². The molecule has 2 N–H and O–H groups in total. The molecule has 0 saturated carbocycles. The second kappa shape index (κ2) is 5.97. The predicted molar refractivity (Wildman–Crippen MR) is 78.3 cm³/mol. The highest BCUT2D eigenvalue weighted by Crippen LogP contribution is 2.21. The van der Waals surface area contributed by atoms with Crippen LogP contribution in [-0.2, 0) is 6.54 Å². The minimum absolute atomic E-state index is 0.00717. The number of hydrogen-bond donors (Lipinski definition) is 1. The molecule has 19 heavy (non-hydrogen) atoms. The number of hydrogen-bond acceptors (Lipinski definition) is 5. The number of unbranched alkanes of at least 4 members (excludes halogenated alkanes) is 2. The fourth-order valence-electron chi connectivity index (χ4n) is 1.97. The van der Waals surface area contributed by atoms with Crippen molar-refractivity contribution in [3.8, 4) is 10.6 Å². The maximum Gasteiger partial charge on any atom is 0.261 e. The predicted octanol–water partition coefficient (Wildman–Crippen LogP) is 2.45. The van der Waals surface area contributed by atoms with Crippen LogP contribution in [0.3, 0.4) is 0 Å². The molecule has 0 spiro atoms. The van der Waals surface area contributed by atoms with Crippen LogP contribution >= 0.6 is 11.3 Å². The molecule has 2 aromatic rings.